The van der Waals surface area contributed by atoms with Crippen LogP contribution < -0.4 is 5.32 Å². The monoisotopic (exact) mass is 212 g/mol. The first-order valence-electron chi connectivity index (χ1n) is 5.09. The van der Waals surface area contributed by atoms with Gasteiger partial charge in [-0.3, -0.25) is 0 Å². The van der Waals surface area contributed by atoms with Crippen molar-refractivity contribution in [3.05, 3.63) is 16.6 Å². The molecule has 1 fully saturated rings. The van der Waals surface area contributed by atoms with Crippen LogP contribution in [0.2, 0.25) is 0 Å². The van der Waals surface area contributed by atoms with Gasteiger partial charge in [-0.05, 0) is 13.3 Å². The summed E-state index contributed by atoms with van der Waals surface area (Å²) in [5.74, 6) is 0. The first kappa shape index (κ1) is 10.1. The fraction of sp³-hybridized carbons (Fsp3) is 0.700. The molecule has 0 radical (unpaired) electrons. The zero-order valence-corrected chi connectivity index (χ0v) is 9.22. The highest BCUT2D eigenvalue weighted by molar-refractivity contribution is 7.09. The van der Waals surface area contributed by atoms with E-state index in [-0.39, 0.29) is 0 Å². The van der Waals surface area contributed by atoms with Crippen molar-refractivity contribution in [1.82, 2.24) is 10.3 Å². The Balaban J connectivity index is 1.68. The molecule has 2 heterocycles. The van der Waals surface area contributed by atoms with Crippen LogP contribution in [0.25, 0.3) is 0 Å². The van der Waals surface area contributed by atoms with E-state index in [9.17, 15) is 0 Å². The van der Waals surface area contributed by atoms with Crippen LogP contribution in [0.5, 0.6) is 0 Å². The summed E-state index contributed by atoms with van der Waals surface area (Å²) < 4.78 is 5.48. The minimum Gasteiger partial charge on any atom is -0.377 e. The van der Waals surface area contributed by atoms with Gasteiger partial charge in [-0.2, -0.15) is 0 Å². The molecule has 78 valence electrons. The Bertz CT molecular complexity index is 263. The molecule has 0 spiro atoms. The van der Waals surface area contributed by atoms with Crippen LogP contribution >= 0.6 is 11.3 Å². The SMILES string of the molecule is CC1OCCC1NCCc1nccs1. The van der Waals surface area contributed by atoms with E-state index in [1.165, 1.54) is 5.01 Å². The number of thiazole rings is 1. The molecule has 1 aromatic rings. The second kappa shape index (κ2) is 4.87. The third kappa shape index (κ3) is 2.53. The van der Waals surface area contributed by atoms with E-state index < -0.39 is 0 Å². The van der Waals surface area contributed by atoms with Crippen molar-refractivity contribution in [3.63, 3.8) is 0 Å². The zero-order valence-electron chi connectivity index (χ0n) is 8.40. The quantitative estimate of drug-likeness (QED) is 0.820. The van der Waals surface area contributed by atoms with Gasteiger partial charge in [-0.15, -0.1) is 11.3 Å². The molecule has 0 aliphatic carbocycles. The van der Waals surface area contributed by atoms with E-state index in [4.69, 9.17) is 4.74 Å². The number of rotatable bonds is 4. The molecule has 2 unspecified atom stereocenters. The fourth-order valence-electron chi connectivity index (χ4n) is 1.74. The predicted molar refractivity (Wildman–Crippen MR) is 57.6 cm³/mol. The first-order chi connectivity index (χ1) is 6.86. The molecule has 1 N–H and O–H groups in total. The largest absolute Gasteiger partial charge is 0.377 e. The first-order valence-corrected chi connectivity index (χ1v) is 5.97. The third-order valence-electron chi connectivity index (χ3n) is 2.61. The number of hydrogen-bond acceptors (Lipinski definition) is 4. The molecule has 0 amide bonds. The fourth-order valence-corrected chi connectivity index (χ4v) is 2.36. The summed E-state index contributed by atoms with van der Waals surface area (Å²) >= 11 is 1.72. The average molecular weight is 212 g/mol. The van der Waals surface area contributed by atoms with Crippen molar-refractivity contribution in [1.29, 1.82) is 0 Å². The Morgan fingerprint density at radius 2 is 2.64 bits per heavy atom. The van der Waals surface area contributed by atoms with Gasteiger partial charge < -0.3 is 10.1 Å². The Morgan fingerprint density at radius 1 is 1.71 bits per heavy atom. The van der Waals surface area contributed by atoms with Crippen LogP contribution in [0.3, 0.4) is 0 Å². The molecule has 2 rings (SSSR count). The third-order valence-corrected chi connectivity index (χ3v) is 3.44. The number of hydrogen-bond donors (Lipinski definition) is 1. The van der Waals surface area contributed by atoms with Gasteiger partial charge in [0, 0.05) is 37.2 Å². The summed E-state index contributed by atoms with van der Waals surface area (Å²) in [4.78, 5) is 4.25. The molecular formula is C10H16N2OS. The molecule has 1 aliphatic rings. The Morgan fingerprint density at radius 3 is 3.29 bits per heavy atom. The zero-order chi connectivity index (χ0) is 9.80. The van der Waals surface area contributed by atoms with Crippen LogP contribution in [0, 0.1) is 0 Å². The Hall–Kier alpha value is -0.450. The molecule has 3 nitrogen and oxygen atoms in total. The molecule has 1 saturated heterocycles. The Kier molecular flexibility index (Phi) is 3.50. The molecule has 14 heavy (non-hydrogen) atoms. The van der Waals surface area contributed by atoms with Crippen molar-refractivity contribution in [2.24, 2.45) is 0 Å². The van der Waals surface area contributed by atoms with Gasteiger partial charge in [-0.25, -0.2) is 4.98 Å². The summed E-state index contributed by atoms with van der Waals surface area (Å²) in [7, 11) is 0. The topological polar surface area (TPSA) is 34.1 Å². The highest BCUT2D eigenvalue weighted by atomic mass is 32.1. The van der Waals surface area contributed by atoms with Gasteiger partial charge in [0.2, 0.25) is 0 Å². The van der Waals surface area contributed by atoms with Crippen molar-refractivity contribution in [2.45, 2.75) is 31.9 Å². The van der Waals surface area contributed by atoms with Gasteiger partial charge in [0.05, 0.1) is 11.1 Å². The van der Waals surface area contributed by atoms with Crippen molar-refractivity contribution in [2.75, 3.05) is 13.2 Å². The van der Waals surface area contributed by atoms with Crippen LogP contribution in [0.15, 0.2) is 11.6 Å². The van der Waals surface area contributed by atoms with E-state index in [2.05, 4.69) is 17.2 Å². The lowest BCUT2D eigenvalue weighted by Crippen LogP contribution is -2.35. The molecule has 1 aromatic heterocycles. The van der Waals surface area contributed by atoms with E-state index in [1.807, 2.05) is 11.6 Å². The van der Waals surface area contributed by atoms with Crippen molar-refractivity contribution in [3.8, 4) is 0 Å². The van der Waals surface area contributed by atoms with Gasteiger partial charge in [-0.1, -0.05) is 0 Å². The van der Waals surface area contributed by atoms with E-state index in [0.29, 0.717) is 12.1 Å². The number of aromatic nitrogens is 1. The Labute approximate surface area is 88.5 Å². The molecule has 0 aromatic carbocycles. The molecular weight excluding hydrogens is 196 g/mol. The summed E-state index contributed by atoms with van der Waals surface area (Å²) in [5.41, 5.74) is 0. The minimum atomic E-state index is 0.367. The van der Waals surface area contributed by atoms with Crippen LogP contribution in [-0.2, 0) is 11.2 Å². The highest BCUT2D eigenvalue weighted by Crippen LogP contribution is 2.12. The molecule has 0 bridgehead atoms. The van der Waals surface area contributed by atoms with Gasteiger partial charge in [0.1, 0.15) is 0 Å². The van der Waals surface area contributed by atoms with E-state index in [0.717, 1.165) is 26.0 Å². The van der Waals surface area contributed by atoms with Gasteiger partial charge in [0.25, 0.3) is 0 Å². The second-order valence-electron chi connectivity index (χ2n) is 3.60. The van der Waals surface area contributed by atoms with Crippen molar-refractivity contribution < 1.29 is 4.74 Å². The molecule has 0 saturated carbocycles. The molecule has 4 heteroatoms. The smallest absolute Gasteiger partial charge is 0.0937 e. The molecule has 2 atom stereocenters. The highest BCUT2D eigenvalue weighted by Gasteiger charge is 2.22. The van der Waals surface area contributed by atoms with E-state index in [1.54, 1.807) is 11.3 Å². The summed E-state index contributed by atoms with van der Waals surface area (Å²) in [6.45, 7) is 4.04. The van der Waals surface area contributed by atoms with Crippen LogP contribution in [0.4, 0.5) is 0 Å². The maximum absolute atomic E-state index is 5.48. The van der Waals surface area contributed by atoms with Crippen molar-refractivity contribution >= 4 is 11.3 Å². The lowest BCUT2D eigenvalue weighted by molar-refractivity contribution is 0.113. The van der Waals surface area contributed by atoms with E-state index >= 15 is 0 Å². The summed E-state index contributed by atoms with van der Waals surface area (Å²) in [5, 5.41) is 6.75. The lowest BCUT2D eigenvalue weighted by Gasteiger charge is -2.15. The predicted octanol–water partition coefficient (Wildman–Crippen LogP) is 1.45. The van der Waals surface area contributed by atoms with Crippen LogP contribution in [0.1, 0.15) is 18.4 Å². The normalized spacial score (nSPS) is 26.9. The van der Waals surface area contributed by atoms with Gasteiger partial charge >= 0.3 is 0 Å². The summed E-state index contributed by atoms with van der Waals surface area (Å²) in [6, 6.07) is 0.537. The standard InChI is InChI=1S/C10H16N2OS/c1-8-9(3-6-13-8)11-4-2-10-12-5-7-14-10/h5,7-9,11H,2-4,6H2,1H3. The number of ether oxygens (including phenoxy) is 1. The summed E-state index contributed by atoms with van der Waals surface area (Å²) in [6.07, 6.45) is 4.40. The van der Waals surface area contributed by atoms with Gasteiger partial charge in [0.15, 0.2) is 0 Å². The maximum atomic E-state index is 5.48. The number of nitrogens with one attached hydrogen (secondary N) is 1. The number of nitrogens with zero attached hydrogens (tertiary/aromatic N) is 1. The van der Waals surface area contributed by atoms with Crippen LogP contribution in [-0.4, -0.2) is 30.3 Å². The minimum absolute atomic E-state index is 0.367. The molecule has 1 aliphatic heterocycles. The average Bonchev–Trinajstić information content (AvgIpc) is 2.78. The maximum Gasteiger partial charge on any atom is 0.0937 e. The second-order valence-corrected chi connectivity index (χ2v) is 4.58. The lowest BCUT2D eigenvalue weighted by atomic mass is 10.1.